The molecule has 1 aromatic heterocycles. The van der Waals surface area contributed by atoms with Gasteiger partial charge in [-0.2, -0.15) is 0 Å². The molecule has 2 aromatic rings. The molecule has 0 amide bonds. The molecule has 2 rings (SSSR count). The minimum absolute atomic E-state index is 0.481. The van der Waals surface area contributed by atoms with E-state index in [4.69, 9.17) is 16.3 Å². The van der Waals surface area contributed by atoms with E-state index in [9.17, 15) is 0 Å². The monoisotopic (exact) mass is 290 g/mol. The molecular formula is C16H19ClN2O. The van der Waals surface area contributed by atoms with Crippen LogP contribution in [0.4, 0.5) is 0 Å². The lowest BCUT2D eigenvalue weighted by Gasteiger charge is -2.10. The van der Waals surface area contributed by atoms with E-state index in [-0.39, 0.29) is 0 Å². The third-order valence-electron chi connectivity index (χ3n) is 2.99. The summed E-state index contributed by atoms with van der Waals surface area (Å²) in [6, 6.07) is 9.92. The first-order valence-electron chi connectivity index (χ1n) is 6.77. The summed E-state index contributed by atoms with van der Waals surface area (Å²) in [7, 11) is 0. The fourth-order valence-electron chi connectivity index (χ4n) is 1.92. The fourth-order valence-corrected chi connectivity index (χ4v) is 2.18. The predicted molar refractivity (Wildman–Crippen MR) is 81.5 cm³/mol. The number of aryl methyl sites for hydroxylation is 1. The van der Waals surface area contributed by atoms with Crippen LogP contribution in [0.2, 0.25) is 5.15 Å². The first-order valence-corrected chi connectivity index (χ1v) is 7.15. The zero-order chi connectivity index (χ0) is 14.5. The van der Waals surface area contributed by atoms with Gasteiger partial charge in [0.05, 0.1) is 6.61 Å². The van der Waals surface area contributed by atoms with Crippen LogP contribution >= 0.6 is 11.6 Å². The van der Waals surface area contributed by atoms with Gasteiger partial charge in [0.15, 0.2) is 0 Å². The normalized spacial score (nSPS) is 10.8. The van der Waals surface area contributed by atoms with Gasteiger partial charge in [0.1, 0.15) is 16.7 Å². The molecule has 1 aromatic carbocycles. The van der Waals surface area contributed by atoms with Gasteiger partial charge in [-0.05, 0) is 36.6 Å². The molecule has 0 aliphatic rings. The molecule has 0 fully saturated rings. The number of halogens is 1. The Kier molecular flexibility index (Phi) is 4.96. The van der Waals surface area contributed by atoms with E-state index >= 15 is 0 Å². The molecule has 0 saturated carbocycles. The smallest absolute Gasteiger partial charge is 0.133 e. The molecule has 0 aliphatic carbocycles. The van der Waals surface area contributed by atoms with Crippen molar-refractivity contribution < 1.29 is 4.74 Å². The molecule has 0 spiro atoms. The SMILES string of the molecule is Cc1cc(Cl)nc(CCOc2cccc(C(C)C)c2)n1. The van der Waals surface area contributed by atoms with Crippen LogP contribution in [0.1, 0.15) is 36.8 Å². The summed E-state index contributed by atoms with van der Waals surface area (Å²) in [6.07, 6.45) is 0.646. The zero-order valence-electron chi connectivity index (χ0n) is 12.1. The van der Waals surface area contributed by atoms with E-state index in [2.05, 4.69) is 35.9 Å². The van der Waals surface area contributed by atoms with E-state index < -0.39 is 0 Å². The van der Waals surface area contributed by atoms with Gasteiger partial charge in [-0.3, -0.25) is 0 Å². The number of ether oxygens (including phenoxy) is 1. The Morgan fingerprint density at radius 3 is 2.70 bits per heavy atom. The molecule has 106 valence electrons. The second-order valence-corrected chi connectivity index (χ2v) is 5.46. The van der Waals surface area contributed by atoms with Gasteiger partial charge in [-0.1, -0.05) is 37.6 Å². The van der Waals surface area contributed by atoms with Crippen LogP contribution in [0.15, 0.2) is 30.3 Å². The quantitative estimate of drug-likeness (QED) is 0.775. The van der Waals surface area contributed by atoms with Gasteiger partial charge in [-0.15, -0.1) is 0 Å². The molecule has 3 nitrogen and oxygen atoms in total. The van der Waals surface area contributed by atoms with Gasteiger partial charge >= 0.3 is 0 Å². The lowest BCUT2D eigenvalue weighted by atomic mass is 10.0. The molecular weight excluding hydrogens is 272 g/mol. The highest BCUT2D eigenvalue weighted by molar-refractivity contribution is 6.29. The van der Waals surface area contributed by atoms with Crippen LogP contribution in [0.25, 0.3) is 0 Å². The van der Waals surface area contributed by atoms with Crippen molar-refractivity contribution in [2.75, 3.05) is 6.61 Å². The summed E-state index contributed by atoms with van der Waals surface area (Å²) in [5.74, 6) is 2.10. The molecule has 0 unspecified atom stereocenters. The maximum atomic E-state index is 5.91. The van der Waals surface area contributed by atoms with Gasteiger partial charge in [0, 0.05) is 12.1 Å². The van der Waals surface area contributed by atoms with Crippen molar-refractivity contribution in [3.63, 3.8) is 0 Å². The lowest BCUT2D eigenvalue weighted by Crippen LogP contribution is -2.06. The van der Waals surface area contributed by atoms with Gasteiger partial charge in [0.2, 0.25) is 0 Å². The summed E-state index contributed by atoms with van der Waals surface area (Å²) in [6.45, 7) is 6.79. The van der Waals surface area contributed by atoms with Crippen molar-refractivity contribution in [3.05, 3.63) is 52.6 Å². The Bertz CT molecular complexity index is 564. The van der Waals surface area contributed by atoms with Crippen LogP contribution in [0, 0.1) is 6.92 Å². The first kappa shape index (κ1) is 14.8. The van der Waals surface area contributed by atoms with E-state index in [1.54, 1.807) is 6.07 Å². The summed E-state index contributed by atoms with van der Waals surface area (Å²) >= 11 is 5.91. The number of nitrogens with zero attached hydrogens (tertiary/aromatic N) is 2. The highest BCUT2D eigenvalue weighted by Gasteiger charge is 2.03. The highest BCUT2D eigenvalue weighted by atomic mass is 35.5. The maximum absolute atomic E-state index is 5.91. The minimum Gasteiger partial charge on any atom is -0.493 e. The molecule has 4 heteroatoms. The average molecular weight is 291 g/mol. The van der Waals surface area contributed by atoms with Crippen molar-refractivity contribution in [2.24, 2.45) is 0 Å². The van der Waals surface area contributed by atoms with E-state index in [1.807, 2.05) is 19.1 Å². The number of rotatable bonds is 5. The van der Waals surface area contributed by atoms with E-state index in [0.717, 1.165) is 17.3 Å². The number of aromatic nitrogens is 2. The number of benzene rings is 1. The Balaban J connectivity index is 1.94. The van der Waals surface area contributed by atoms with E-state index in [1.165, 1.54) is 5.56 Å². The largest absolute Gasteiger partial charge is 0.493 e. The Hall–Kier alpha value is -1.61. The van der Waals surface area contributed by atoms with Crippen LogP contribution in [0.5, 0.6) is 5.75 Å². The Labute approximate surface area is 125 Å². The van der Waals surface area contributed by atoms with Crippen molar-refractivity contribution in [1.29, 1.82) is 0 Å². The number of hydrogen-bond donors (Lipinski definition) is 0. The van der Waals surface area contributed by atoms with Crippen molar-refractivity contribution in [1.82, 2.24) is 9.97 Å². The van der Waals surface area contributed by atoms with Crippen LogP contribution < -0.4 is 4.74 Å². The highest BCUT2D eigenvalue weighted by Crippen LogP contribution is 2.20. The van der Waals surface area contributed by atoms with E-state index in [0.29, 0.717) is 24.1 Å². The maximum Gasteiger partial charge on any atom is 0.133 e. The van der Waals surface area contributed by atoms with Gasteiger partial charge in [-0.25, -0.2) is 9.97 Å². The van der Waals surface area contributed by atoms with Crippen molar-refractivity contribution in [2.45, 2.75) is 33.1 Å². The molecule has 0 saturated heterocycles. The Morgan fingerprint density at radius 1 is 1.20 bits per heavy atom. The van der Waals surface area contributed by atoms with Crippen LogP contribution in [0.3, 0.4) is 0 Å². The third-order valence-corrected chi connectivity index (χ3v) is 3.18. The third kappa shape index (κ3) is 4.20. The minimum atomic E-state index is 0.481. The topological polar surface area (TPSA) is 35.0 Å². The zero-order valence-corrected chi connectivity index (χ0v) is 12.8. The molecule has 20 heavy (non-hydrogen) atoms. The first-order chi connectivity index (χ1) is 9.54. The summed E-state index contributed by atoms with van der Waals surface area (Å²) < 4.78 is 5.76. The van der Waals surface area contributed by atoms with Crippen molar-refractivity contribution >= 4 is 11.6 Å². The molecule has 0 atom stereocenters. The second kappa shape index (κ2) is 6.71. The molecule has 0 radical (unpaired) electrons. The van der Waals surface area contributed by atoms with Gasteiger partial charge in [0.25, 0.3) is 0 Å². The summed E-state index contributed by atoms with van der Waals surface area (Å²) in [4.78, 5) is 8.52. The second-order valence-electron chi connectivity index (χ2n) is 5.07. The number of hydrogen-bond acceptors (Lipinski definition) is 3. The molecule has 0 aliphatic heterocycles. The summed E-state index contributed by atoms with van der Waals surface area (Å²) in [5, 5.41) is 0.481. The van der Waals surface area contributed by atoms with Crippen LogP contribution in [-0.4, -0.2) is 16.6 Å². The Morgan fingerprint density at radius 2 is 2.00 bits per heavy atom. The van der Waals surface area contributed by atoms with Crippen molar-refractivity contribution in [3.8, 4) is 5.75 Å². The van der Waals surface area contributed by atoms with Gasteiger partial charge < -0.3 is 4.74 Å². The molecule has 0 N–H and O–H groups in total. The molecule has 0 bridgehead atoms. The standard InChI is InChI=1S/C16H19ClN2O/c1-11(2)13-5-4-6-14(10-13)20-8-7-16-18-12(3)9-15(17)19-16/h4-6,9-11H,7-8H2,1-3H3. The van der Waals surface area contributed by atoms with Crippen LogP contribution in [-0.2, 0) is 6.42 Å². The average Bonchev–Trinajstić information content (AvgIpc) is 2.38. The molecule has 1 heterocycles. The fraction of sp³-hybridized carbons (Fsp3) is 0.375. The lowest BCUT2D eigenvalue weighted by molar-refractivity contribution is 0.318. The predicted octanol–water partition coefficient (Wildman–Crippen LogP) is 4.18. The summed E-state index contributed by atoms with van der Waals surface area (Å²) in [5.41, 5.74) is 2.15.